The first-order chi connectivity index (χ1) is 10.8. The molecule has 4 heteroatoms. The van der Waals surface area contributed by atoms with E-state index in [1.54, 1.807) is 0 Å². The maximum Gasteiger partial charge on any atom is 0.124 e. The van der Waals surface area contributed by atoms with Crippen molar-refractivity contribution < 1.29 is 15.0 Å². The Balaban J connectivity index is 2.05. The normalized spacial score (nSPS) is 46.3. The Morgan fingerprint density at radius 3 is 2.78 bits per heavy atom. The minimum Gasteiger partial charge on any atom is -0.396 e. The molecular weight excluding hydrogens is 290 g/mol. The fourth-order valence-electron chi connectivity index (χ4n) is 6.17. The van der Waals surface area contributed by atoms with Crippen molar-refractivity contribution in [2.45, 2.75) is 64.0 Å². The van der Waals surface area contributed by atoms with E-state index in [4.69, 9.17) is 5.73 Å². The minimum atomic E-state index is -0.682. The van der Waals surface area contributed by atoms with Crippen LogP contribution in [0.25, 0.3) is 0 Å². The van der Waals surface area contributed by atoms with Crippen molar-refractivity contribution in [3.8, 4) is 0 Å². The number of allylic oxidation sites excluding steroid dienone is 1. The Labute approximate surface area is 139 Å². The van der Waals surface area contributed by atoms with Crippen molar-refractivity contribution in [1.29, 1.82) is 0 Å². The molecule has 4 nitrogen and oxygen atoms in total. The summed E-state index contributed by atoms with van der Waals surface area (Å²) in [6.07, 6.45) is 5.48. The summed E-state index contributed by atoms with van der Waals surface area (Å²) < 4.78 is 0. The molecule has 0 amide bonds. The molecule has 3 saturated carbocycles. The molecule has 7 unspecified atom stereocenters. The topological polar surface area (TPSA) is 83.6 Å². The summed E-state index contributed by atoms with van der Waals surface area (Å²) >= 11 is 0. The van der Waals surface area contributed by atoms with Crippen LogP contribution in [-0.4, -0.2) is 34.7 Å². The van der Waals surface area contributed by atoms with Crippen LogP contribution in [0, 0.1) is 28.6 Å². The number of carbonyl (C=O) groups is 1. The average molecular weight is 321 g/mol. The molecule has 23 heavy (non-hydrogen) atoms. The number of hydrogen-bond acceptors (Lipinski definition) is 4. The summed E-state index contributed by atoms with van der Waals surface area (Å²) in [6.45, 7) is 7.96. The van der Waals surface area contributed by atoms with Gasteiger partial charge >= 0.3 is 0 Å². The fraction of sp³-hybridized carbons (Fsp3) is 0.842. The molecule has 3 rings (SSSR count). The van der Waals surface area contributed by atoms with E-state index in [0.29, 0.717) is 18.8 Å². The van der Waals surface area contributed by atoms with E-state index < -0.39 is 11.5 Å². The van der Waals surface area contributed by atoms with Gasteiger partial charge in [0.1, 0.15) is 6.29 Å². The first kappa shape index (κ1) is 17.1. The van der Waals surface area contributed by atoms with Gasteiger partial charge in [0.15, 0.2) is 0 Å². The second-order valence-electron chi connectivity index (χ2n) is 8.65. The molecule has 3 fully saturated rings. The van der Waals surface area contributed by atoms with Gasteiger partial charge in [0.2, 0.25) is 0 Å². The van der Waals surface area contributed by atoms with Crippen molar-refractivity contribution in [1.82, 2.24) is 0 Å². The number of fused-ring (bicyclic) bond motifs is 1. The first-order valence-corrected chi connectivity index (χ1v) is 8.99. The second kappa shape index (κ2) is 5.40. The number of aliphatic hydroxyl groups excluding tert-OH is 2. The fourth-order valence-corrected chi connectivity index (χ4v) is 6.17. The Kier molecular flexibility index (Phi) is 4.02. The zero-order chi connectivity index (χ0) is 17.0. The number of carbonyl (C=O) groups excluding carboxylic acids is 1. The predicted molar refractivity (Wildman–Crippen MR) is 89.6 cm³/mol. The van der Waals surface area contributed by atoms with Crippen LogP contribution in [0.5, 0.6) is 0 Å². The van der Waals surface area contributed by atoms with Crippen molar-refractivity contribution >= 4 is 6.29 Å². The van der Waals surface area contributed by atoms with Gasteiger partial charge in [0.25, 0.3) is 0 Å². The molecule has 0 heterocycles. The highest BCUT2D eigenvalue weighted by Gasteiger charge is 2.69. The summed E-state index contributed by atoms with van der Waals surface area (Å²) in [5.41, 5.74) is 6.85. The molecule has 0 radical (unpaired) electrons. The summed E-state index contributed by atoms with van der Waals surface area (Å²) in [5, 5.41) is 20.6. The highest BCUT2D eigenvalue weighted by Crippen LogP contribution is 2.69. The van der Waals surface area contributed by atoms with E-state index in [-0.39, 0.29) is 29.4 Å². The lowest BCUT2D eigenvalue weighted by molar-refractivity contribution is -0.122. The minimum absolute atomic E-state index is 0.0744. The van der Waals surface area contributed by atoms with E-state index in [0.717, 1.165) is 32.0 Å². The molecule has 3 aliphatic rings. The van der Waals surface area contributed by atoms with Gasteiger partial charge in [-0.1, -0.05) is 26.0 Å². The Morgan fingerprint density at radius 2 is 2.22 bits per heavy atom. The molecule has 0 aliphatic heterocycles. The molecular formula is C19H31NO3. The molecule has 0 aromatic carbocycles. The average Bonchev–Trinajstić information content (AvgIpc) is 2.98. The third-order valence-electron chi connectivity index (χ3n) is 7.80. The van der Waals surface area contributed by atoms with Gasteiger partial charge in [0.05, 0.1) is 12.7 Å². The van der Waals surface area contributed by atoms with Crippen molar-refractivity contribution in [3.63, 3.8) is 0 Å². The maximum atomic E-state index is 12.1. The number of aldehydes is 1. The third kappa shape index (κ3) is 2.04. The maximum absolute atomic E-state index is 12.1. The molecule has 4 N–H and O–H groups in total. The smallest absolute Gasteiger partial charge is 0.124 e. The largest absolute Gasteiger partial charge is 0.396 e. The highest BCUT2D eigenvalue weighted by molar-refractivity contribution is 5.60. The molecule has 2 bridgehead atoms. The highest BCUT2D eigenvalue weighted by atomic mass is 16.3. The van der Waals surface area contributed by atoms with E-state index in [9.17, 15) is 15.0 Å². The molecule has 3 aliphatic carbocycles. The van der Waals surface area contributed by atoms with E-state index >= 15 is 0 Å². The molecule has 7 atom stereocenters. The summed E-state index contributed by atoms with van der Waals surface area (Å²) in [6, 6.07) is 0. The molecule has 1 spiro atoms. The summed E-state index contributed by atoms with van der Waals surface area (Å²) in [5.74, 6) is 0.215. The Morgan fingerprint density at radius 1 is 1.52 bits per heavy atom. The zero-order valence-electron chi connectivity index (χ0n) is 14.4. The standard InChI is InChI=1S/C19H31NO3/c1-4-16(23)17(3,11-22)14-9-19(20)6-5-13-8-18(19,7-12(13)2)15(14)10-21/h10,13-16,22-23H,2,4-9,11,20H2,1,3H3. The van der Waals surface area contributed by atoms with Crippen LogP contribution in [0.4, 0.5) is 0 Å². The van der Waals surface area contributed by atoms with Crippen LogP contribution >= 0.6 is 0 Å². The van der Waals surface area contributed by atoms with Crippen LogP contribution in [0.1, 0.15) is 52.4 Å². The second-order valence-corrected chi connectivity index (χ2v) is 8.65. The van der Waals surface area contributed by atoms with E-state index in [1.807, 2.05) is 13.8 Å². The number of rotatable bonds is 5. The van der Waals surface area contributed by atoms with Crippen LogP contribution < -0.4 is 5.73 Å². The quantitative estimate of drug-likeness (QED) is 0.534. The van der Waals surface area contributed by atoms with E-state index in [1.165, 1.54) is 5.57 Å². The van der Waals surface area contributed by atoms with Gasteiger partial charge in [-0.2, -0.15) is 0 Å². The first-order valence-electron chi connectivity index (χ1n) is 8.99. The third-order valence-corrected chi connectivity index (χ3v) is 7.80. The van der Waals surface area contributed by atoms with Gasteiger partial charge in [-0.05, 0) is 50.4 Å². The number of hydrogen-bond donors (Lipinski definition) is 3. The van der Waals surface area contributed by atoms with Crippen LogP contribution in [-0.2, 0) is 4.79 Å². The number of aliphatic hydroxyl groups is 2. The Bertz CT molecular complexity index is 521. The summed E-state index contributed by atoms with van der Waals surface area (Å²) in [4.78, 5) is 12.1. The number of nitrogens with two attached hydrogens (primary N) is 1. The van der Waals surface area contributed by atoms with Gasteiger partial charge < -0.3 is 20.7 Å². The van der Waals surface area contributed by atoms with Gasteiger partial charge in [-0.3, -0.25) is 0 Å². The molecule has 0 aromatic heterocycles. The lowest BCUT2D eigenvalue weighted by atomic mass is 9.60. The van der Waals surface area contributed by atoms with Gasteiger partial charge in [-0.15, -0.1) is 0 Å². The Hall–Kier alpha value is -0.710. The van der Waals surface area contributed by atoms with Crippen molar-refractivity contribution in [3.05, 3.63) is 12.2 Å². The molecule has 0 saturated heterocycles. The lowest BCUT2D eigenvalue weighted by Gasteiger charge is -2.46. The van der Waals surface area contributed by atoms with Crippen molar-refractivity contribution in [2.75, 3.05) is 6.61 Å². The van der Waals surface area contributed by atoms with Crippen LogP contribution in [0.3, 0.4) is 0 Å². The van der Waals surface area contributed by atoms with Crippen LogP contribution in [0.2, 0.25) is 0 Å². The zero-order valence-corrected chi connectivity index (χ0v) is 14.4. The summed E-state index contributed by atoms with van der Waals surface area (Å²) in [7, 11) is 0. The SMILES string of the molecule is C=C1CC23CC1CCC2(N)CC(C(C)(CO)C(O)CC)C3C=O. The lowest BCUT2D eigenvalue weighted by Crippen LogP contribution is -2.54. The predicted octanol–water partition coefficient (Wildman–Crippen LogP) is 2.03. The molecule has 130 valence electrons. The molecule has 0 aromatic rings. The van der Waals surface area contributed by atoms with Gasteiger partial charge in [0, 0.05) is 22.3 Å². The van der Waals surface area contributed by atoms with Gasteiger partial charge in [-0.25, -0.2) is 0 Å². The van der Waals surface area contributed by atoms with E-state index in [2.05, 4.69) is 6.58 Å². The monoisotopic (exact) mass is 321 g/mol. The van der Waals surface area contributed by atoms with Crippen molar-refractivity contribution in [2.24, 2.45) is 34.3 Å². The van der Waals surface area contributed by atoms with Crippen LogP contribution in [0.15, 0.2) is 12.2 Å².